The van der Waals surface area contributed by atoms with Crippen molar-refractivity contribution < 1.29 is 37.6 Å². The number of ether oxygens (including phenoxy) is 2. The Bertz CT molecular complexity index is 1580. The quantitative estimate of drug-likeness (QED) is 0.0264. The number of phosphoric ester groups is 1. The first kappa shape index (κ1) is 73.9. The minimum Gasteiger partial charge on any atom is -0.462 e. The summed E-state index contributed by atoms with van der Waals surface area (Å²) < 4.78 is 33.1. The van der Waals surface area contributed by atoms with E-state index in [1.807, 2.05) is 0 Å². The molecule has 0 radical (unpaired) electrons. The third kappa shape index (κ3) is 62.0. The number of phosphoric acid groups is 1. The van der Waals surface area contributed by atoms with Gasteiger partial charge in [0.15, 0.2) is 6.10 Å². The van der Waals surface area contributed by atoms with Crippen molar-refractivity contribution in [3.05, 3.63) is 97.2 Å². The van der Waals surface area contributed by atoms with Gasteiger partial charge in [-0.05, 0) is 77.0 Å². The number of esters is 2. The Balaban J connectivity index is 3.99. The number of carbonyl (C=O) groups excluding carboxylic acids is 2. The number of nitrogens with two attached hydrogens (primary N) is 1. The predicted molar refractivity (Wildman–Crippen MR) is 330 cm³/mol. The van der Waals surface area contributed by atoms with Gasteiger partial charge in [-0.1, -0.05) is 291 Å². The summed E-state index contributed by atoms with van der Waals surface area (Å²) in [6.07, 6.45) is 83.3. The molecule has 10 heteroatoms. The van der Waals surface area contributed by atoms with E-state index in [9.17, 15) is 19.0 Å². The molecule has 0 aromatic rings. The van der Waals surface area contributed by atoms with E-state index in [1.54, 1.807) is 0 Å². The molecule has 0 bridgehead atoms. The number of allylic oxidation sites excluding steroid dienone is 16. The van der Waals surface area contributed by atoms with Crippen LogP contribution in [0.2, 0.25) is 0 Å². The topological polar surface area (TPSA) is 134 Å². The Labute approximate surface area is 474 Å². The molecule has 444 valence electrons. The van der Waals surface area contributed by atoms with Crippen molar-refractivity contribution >= 4 is 19.8 Å². The molecule has 0 amide bonds. The van der Waals surface area contributed by atoms with Crippen molar-refractivity contribution in [3.63, 3.8) is 0 Å². The van der Waals surface area contributed by atoms with Crippen molar-refractivity contribution in [1.82, 2.24) is 0 Å². The van der Waals surface area contributed by atoms with Crippen LogP contribution in [0.3, 0.4) is 0 Å². The Morgan fingerprint density at radius 2 is 0.714 bits per heavy atom. The highest BCUT2D eigenvalue weighted by Crippen LogP contribution is 2.43. The van der Waals surface area contributed by atoms with Crippen molar-refractivity contribution in [2.75, 3.05) is 26.4 Å². The molecule has 0 saturated heterocycles. The van der Waals surface area contributed by atoms with Crippen LogP contribution in [-0.4, -0.2) is 49.3 Å². The zero-order valence-corrected chi connectivity index (χ0v) is 50.6. The van der Waals surface area contributed by atoms with Gasteiger partial charge in [-0.3, -0.25) is 18.6 Å². The molecule has 0 aliphatic heterocycles. The van der Waals surface area contributed by atoms with Crippen LogP contribution in [0.25, 0.3) is 0 Å². The number of hydrogen-bond acceptors (Lipinski definition) is 8. The van der Waals surface area contributed by atoms with Gasteiger partial charge in [0.1, 0.15) is 6.61 Å². The van der Waals surface area contributed by atoms with Gasteiger partial charge in [0, 0.05) is 19.4 Å². The summed E-state index contributed by atoms with van der Waals surface area (Å²) in [6, 6.07) is 0. The van der Waals surface area contributed by atoms with Crippen molar-refractivity contribution in [3.8, 4) is 0 Å². The molecule has 0 saturated carbocycles. The lowest BCUT2D eigenvalue weighted by atomic mass is 10.0. The highest BCUT2D eigenvalue weighted by atomic mass is 31.2. The molecule has 0 aromatic carbocycles. The summed E-state index contributed by atoms with van der Waals surface area (Å²) in [5.41, 5.74) is 5.39. The average molecular weight is 1100 g/mol. The van der Waals surface area contributed by atoms with Crippen LogP contribution in [0.15, 0.2) is 97.2 Å². The molecule has 77 heavy (non-hydrogen) atoms. The molecule has 0 heterocycles. The summed E-state index contributed by atoms with van der Waals surface area (Å²) in [6.45, 7) is 3.64. The Kier molecular flexibility index (Phi) is 59.7. The lowest BCUT2D eigenvalue weighted by molar-refractivity contribution is -0.161. The normalized spacial score (nSPS) is 13.7. The molecule has 9 nitrogen and oxygen atoms in total. The Morgan fingerprint density at radius 3 is 1.06 bits per heavy atom. The lowest BCUT2D eigenvalue weighted by Crippen LogP contribution is -2.29. The maximum Gasteiger partial charge on any atom is 0.472 e. The second kappa shape index (κ2) is 62.1. The molecule has 0 fully saturated rings. The molecule has 0 rings (SSSR count). The summed E-state index contributed by atoms with van der Waals surface area (Å²) in [5.74, 6) is -0.839. The number of unbranched alkanes of at least 4 members (excludes halogenated alkanes) is 30. The van der Waals surface area contributed by atoms with Crippen LogP contribution in [-0.2, 0) is 32.7 Å². The van der Waals surface area contributed by atoms with Crippen molar-refractivity contribution in [1.29, 1.82) is 0 Å². The number of hydrogen-bond donors (Lipinski definition) is 2. The summed E-state index contributed by atoms with van der Waals surface area (Å²) in [7, 11) is -4.40. The van der Waals surface area contributed by atoms with Gasteiger partial charge in [0.25, 0.3) is 0 Å². The van der Waals surface area contributed by atoms with Crippen LogP contribution in [0.5, 0.6) is 0 Å². The lowest BCUT2D eigenvalue weighted by Gasteiger charge is -2.19. The number of carbonyl (C=O) groups is 2. The predicted octanol–water partition coefficient (Wildman–Crippen LogP) is 20.4. The van der Waals surface area contributed by atoms with Gasteiger partial charge in [-0.25, -0.2) is 4.57 Å². The molecule has 2 atom stereocenters. The highest BCUT2D eigenvalue weighted by molar-refractivity contribution is 7.47. The van der Waals surface area contributed by atoms with Gasteiger partial charge in [0.05, 0.1) is 13.2 Å². The third-order valence-electron chi connectivity index (χ3n) is 13.5. The third-order valence-corrected chi connectivity index (χ3v) is 14.5. The van der Waals surface area contributed by atoms with Crippen molar-refractivity contribution in [2.24, 2.45) is 5.73 Å². The SMILES string of the molecule is CC/C=C\C/C=C\C/C=C\C/C=C\C/C=C\C/C=C\C/C=C\C/C=C\CCCCCCCCC(=O)OC(COC(=O)CCCCCCCCCCCCCCCCCCCCCCCCCCC)COP(=O)(O)OCCN. The Morgan fingerprint density at radius 1 is 0.403 bits per heavy atom. The van der Waals surface area contributed by atoms with Crippen LogP contribution in [0.1, 0.15) is 284 Å². The van der Waals surface area contributed by atoms with Crippen LogP contribution in [0.4, 0.5) is 0 Å². The van der Waals surface area contributed by atoms with Gasteiger partial charge in [0.2, 0.25) is 0 Å². The summed E-state index contributed by atoms with van der Waals surface area (Å²) in [4.78, 5) is 35.3. The maximum atomic E-state index is 12.7. The number of rotatable bonds is 59. The van der Waals surface area contributed by atoms with E-state index in [2.05, 4.69) is 111 Å². The summed E-state index contributed by atoms with van der Waals surface area (Å²) in [5, 5.41) is 0. The zero-order valence-electron chi connectivity index (χ0n) is 49.7. The molecule has 3 N–H and O–H groups in total. The first-order chi connectivity index (χ1) is 37.8. The van der Waals surface area contributed by atoms with E-state index in [0.717, 1.165) is 109 Å². The van der Waals surface area contributed by atoms with E-state index in [-0.39, 0.29) is 38.6 Å². The van der Waals surface area contributed by atoms with E-state index in [1.165, 1.54) is 141 Å². The first-order valence-electron chi connectivity index (χ1n) is 31.7. The smallest absolute Gasteiger partial charge is 0.462 e. The van der Waals surface area contributed by atoms with Crippen LogP contribution in [0, 0.1) is 0 Å². The molecule has 0 aliphatic rings. The molecule has 2 unspecified atom stereocenters. The molecule has 0 spiro atoms. The average Bonchev–Trinajstić information content (AvgIpc) is 3.42. The highest BCUT2D eigenvalue weighted by Gasteiger charge is 2.26. The maximum absolute atomic E-state index is 12.7. The molecule has 0 aliphatic carbocycles. The second-order valence-corrected chi connectivity index (χ2v) is 22.4. The Hall–Kier alpha value is -3.07. The van der Waals surface area contributed by atoms with Gasteiger partial charge in [-0.2, -0.15) is 0 Å². The second-order valence-electron chi connectivity index (χ2n) is 20.9. The molecular formula is C67H118NO8P. The molecular weight excluding hydrogens is 978 g/mol. The van der Waals surface area contributed by atoms with Crippen molar-refractivity contribution in [2.45, 2.75) is 290 Å². The van der Waals surface area contributed by atoms with Crippen LogP contribution < -0.4 is 5.73 Å². The fourth-order valence-corrected chi connectivity index (χ4v) is 9.60. The van der Waals surface area contributed by atoms with Crippen LogP contribution >= 0.6 is 7.82 Å². The van der Waals surface area contributed by atoms with E-state index in [4.69, 9.17) is 24.3 Å². The van der Waals surface area contributed by atoms with E-state index >= 15 is 0 Å². The summed E-state index contributed by atoms with van der Waals surface area (Å²) >= 11 is 0. The standard InChI is InChI=1S/C67H118NO8P/c1-3-5-7-9-11-13-15-17-19-21-23-25-27-29-30-31-32-33-34-36-38-40-42-44-46-48-50-52-54-56-58-60-67(70)76-65(64-75-77(71,72)74-62-61-68)63-73-66(69)59-57-55-53-51-49-47-45-43-41-39-37-35-28-26-24-22-20-18-16-14-12-10-8-6-4-2/h5,7,11,13,17,19,23,25,29-30,32-33,36,38,42,44,65H,3-4,6,8-10,12,14-16,18,20-22,24,26-28,31,34-35,37,39-41,43,45-64,68H2,1-2H3,(H,71,72)/b7-5-,13-11-,19-17-,25-23-,30-29-,33-32-,38-36-,44-42-. The first-order valence-corrected chi connectivity index (χ1v) is 33.2. The fraction of sp³-hybridized carbons (Fsp3) is 0.731. The van der Waals surface area contributed by atoms with Gasteiger partial charge >= 0.3 is 19.8 Å². The van der Waals surface area contributed by atoms with E-state index < -0.39 is 26.5 Å². The fourth-order valence-electron chi connectivity index (χ4n) is 8.83. The largest absolute Gasteiger partial charge is 0.472 e. The minimum atomic E-state index is -4.40. The zero-order chi connectivity index (χ0) is 55.9. The minimum absolute atomic E-state index is 0.0474. The molecule has 0 aromatic heterocycles. The van der Waals surface area contributed by atoms with E-state index in [0.29, 0.717) is 6.42 Å². The van der Waals surface area contributed by atoms with Gasteiger partial charge < -0.3 is 20.1 Å². The monoisotopic (exact) mass is 1100 g/mol. The van der Waals surface area contributed by atoms with Gasteiger partial charge in [-0.15, -0.1) is 0 Å².